The molecular weight excluding hydrogens is 264 g/mol. The third kappa shape index (κ3) is 6.53. The molecule has 1 aliphatic heterocycles. The second-order valence-electron chi connectivity index (χ2n) is 4.46. The molecule has 0 saturated carbocycles. The maximum Gasteiger partial charge on any atom is 0.317 e. The average Bonchev–Trinajstić information content (AvgIpc) is 2.42. The van der Waals surface area contributed by atoms with Crippen LogP contribution >= 0.6 is 0 Å². The van der Waals surface area contributed by atoms with Crippen molar-refractivity contribution in [2.24, 2.45) is 0 Å². The highest BCUT2D eigenvalue weighted by Crippen LogP contribution is 2.08. The van der Waals surface area contributed by atoms with Crippen LogP contribution in [0.4, 0.5) is 4.79 Å². The molecule has 1 heterocycles. The summed E-state index contributed by atoms with van der Waals surface area (Å²) in [6.07, 6.45) is 2.04. The zero-order valence-electron chi connectivity index (χ0n) is 11.5. The highest BCUT2D eigenvalue weighted by Gasteiger charge is 2.25. The number of carbonyl (C=O) groups is 2. The van der Waals surface area contributed by atoms with Gasteiger partial charge < -0.3 is 24.8 Å². The van der Waals surface area contributed by atoms with Crippen LogP contribution in [0.15, 0.2) is 12.7 Å². The van der Waals surface area contributed by atoms with E-state index in [1.807, 2.05) is 0 Å². The SMILES string of the molecule is C=CCCOCCNC(=O)N1CCOC(CC(=O)O)C1. The lowest BCUT2D eigenvalue weighted by molar-refractivity contribution is -0.141. The smallest absolute Gasteiger partial charge is 0.317 e. The zero-order chi connectivity index (χ0) is 14.8. The lowest BCUT2D eigenvalue weighted by Gasteiger charge is -2.32. The number of carboxylic acid groups (broad SMARTS) is 1. The van der Waals surface area contributed by atoms with E-state index >= 15 is 0 Å². The van der Waals surface area contributed by atoms with Gasteiger partial charge in [-0.1, -0.05) is 6.08 Å². The van der Waals surface area contributed by atoms with Crippen molar-refractivity contribution in [2.75, 3.05) is 39.5 Å². The highest BCUT2D eigenvalue weighted by atomic mass is 16.5. The number of rotatable bonds is 8. The first-order valence-electron chi connectivity index (χ1n) is 6.68. The number of aliphatic carboxylic acids is 1. The number of urea groups is 1. The summed E-state index contributed by atoms with van der Waals surface area (Å²) in [5, 5.41) is 11.4. The molecule has 0 spiro atoms. The molecule has 7 heteroatoms. The normalized spacial score (nSPS) is 18.6. The fourth-order valence-corrected chi connectivity index (χ4v) is 1.83. The second-order valence-corrected chi connectivity index (χ2v) is 4.46. The number of carbonyl (C=O) groups excluding carboxylic acids is 1. The maximum atomic E-state index is 11.9. The van der Waals surface area contributed by atoms with Gasteiger partial charge >= 0.3 is 12.0 Å². The number of hydrogen-bond acceptors (Lipinski definition) is 4. The monoisotopic (exact) mass is 286 g/mol. The number of hydrogen-bond donors (Lipinski definition) is 2. The van der Waals surface area contributed by atoms with E-state index in [1.54, 1.807) is 11.0 Å². The molecule has 2 amide bonds. The van der Waals surface area contributed by atoms with E-state index in [9.17, 15) is 9.59 Å². The molecule has 1 aliphatic rings. The summed E-state index contributed by atoms with van der Waals surface area (Å²) < 4.78 is 10.6. The minimum atomic E-state index is -0.923. The zero-order valence-corrected chi connectivity index (χ0v) is 11.5. The molecule has 7 nitrogen and oxygen atoms in total. The van der Waals surface area contributed by atoms with Crippen LogP contribution < -0.4 is 5.32 Å². The van der Waals surface area contributed by atoms with Gasteiger partial charge in [-0.05, 0) is 6.42 Å². The van der Waals surface area contributed by atoms with E-state index < -0.39 is 12.1 Å². The van der Waals surface area contributed by atoms with Crippen LogP contribution in [0.3, 0.4) is 0 Å². The second kappa shape index (κ2) is 9.33. The van der Waals surface area contributed by atoms with Gasteiger partial charge in [-0.2, -0.15) is 0 Å². The van der Waals surface area contributed by atoms with Crippen molar-refractivity contribution in [3.05, 3.63) is 12.7 Å². The van der Waals surface area contributed by atoms with Gasteiger partial charge in [0.2, 0.25) is 0 Å². The van der Waals surface area contributed by atoms with Crippen molar-refractivity contribution in [1.29, 1.82) is 0 Å². The standard InChI is InChI=1S/C13H22N2O5/c1-2-3-6-19-7-4-14-13(18)15-5-8-20-11(10-15)9-12(16)17/h2,11H,1,3-10H2,(H,14,18)(H,16,17). The van der Waals surface area contributed by atoms with Crippen LogP contribution in [0.1, 0.15) is 12.8 Å². The van der Waals surface area contributed by atoms with E-state index in [-0.39, 0.29) is 12.5 Å². The summed E-state index contributed by atoms with van der Waals surface area (Å²) in [6, 6.07) is -0.212. The number of carboxylic acids is 1. The van der Waals surface area contributed by atoms with Gasteiger partial charge in [0.15, 0.2) is 0 Å². The first-order chi connectivity index (χ1) is 9.63. The van der Waals surface area contributed by atoms with Crippen LogP contribution in [0.5, 0.6) is 0 Å². The number of nitrogens with one attached hydrogen (secondary N) is 1. The predicted octanol–water partition coefficient (Wildman–Crippen LogP) is 0.464. The van der Waals surface area contributed by atoms with Gasteiger partial charge in [-0.3, -0.25) is 4.79 Å². The first-order valence-corrected chi connectivity index (χ1v) is 6.68. The summed E-state index contributed by atoms with van der Waals surface area (Å²) in [5.41, 5.74) is 0. The number of nitrogens with zero attached hydrogens (tertiary/aromatic N) is 1. The highest BCUT2D eigenvalue weighted by molar-refractivity contribution is 5.74. The molecule has 0 radical (unpaired) electrons. The summed E-state index contributed by atoms with van der Waals surface area (Å²) in [4.78, 5) is 24.0. The summed E-state index contributed by atoms with van der Waals surface area (Å²) in [7, 11) is 0. The van der Waals surface area contributed by atoms with Crippen molar-refractivity contribution in [2.45, 2.75) is 18.9 Å². The molecule has 0 aliphatic carbocycles. The Hall–Kier alpha value is -1.60. The minimum absolute atomic E-state index is 0.0888. The van der Waals surface area contributed by atoms with Crippen molar-refractivity contribution >= 4 is 12.0 Å². The van der Waals surface area contributed by atoms with Crippen molar-refractivity contribution < 1.29 is 24.2 Å². The third-order valence-electron chi connectivity index (χ3n) is 2.82. The average molecular weight is 286 g/mol. The van der Waals surface area contributed by atoms with Crippen LogP contribution in [-0.4, -0.2) is 67.6 Å². The number of ether oxygens (including phenoxy) is 2. The topological polar surface area (TPSA) is 88.1 Å². The fourth-order valence-electron chi connectivity index (χ4n) is 1.83. The van der Waals surface area contributed by atoms with Gasteiger partial charge in [0.05, 0.1) is 32.3 Å². The van der Waals surface area contributed by atoms with Gasteiger partial charge in [0.25, 0.3) is 0 Å². The third-order valence-corrected chi connectivity index (χ3v) is 2.82. The minimum Gasteiger partial charge on any atom is -0.481 e. The largest absolute Gasteiger partial charge is 0.481 e. The van der Waals surface area contributed by atoms with Gasteiger partial charge in [0.1, 0.15) is 0 Å². The molecule has 0 bridgehead atoms. The van der Waals surface area contributed by atoms with Crippen LogP contribution in [-0.2, 0) is 14.3 Å². The molecule has 0 aromatic rings. The summed E-state index contributed by atoms with van der Waals surface area (Å²) in [6.45, 7) is 6.19. The molecule has 0 aromatic heterocycles. The molecule has 1 fully saturated rings. The Bertz CT molecular complexity index is 335. The molecule has 114 valence electrons. The lowest BCUT2D eigenvalue weighted by atomic mass is 10.2. The Morgan fingerprint density at radius 1 is 1.50 bits per heavy atom. The summed E-state index contributed by atoms with van der Waals surface area (Å²) >= 11 is 0. The molecule has 20 heavy (non-hydrogen) atoms. The molecule has 1 unspecified atom stereocenters. The Morgan fingerprint density at radius 3 is 3.00 bits per heavy atom. The maximum absolute atomic E-state index is 11.9. The molecule has 1 rings (SSSR count). The summed E-state index contributed by atoms with van der Waals surface area (Å²) in [5.74, 6) is -0.923. The van der Waals surface area contributed by atoms with E-state index in [2.05, 4.69) is 11.9 Å². The van der Waals surface area contributed by atoms with Crippen LogP contribution in [0.25, 0.3) is 0 Å². The predicted molar refractivity (Wildman–Crippen MR) is 72.6 cm³/mol. The Morgan fingerprint density at radius 2 is 2.30 bits per heavy atom. The van der Waals surface area contributed by atoms with E-state index in [1.165, 1.54) is 0 Å². The van der Waals surface area contributed by atoms with Crippen molar-refractivity contribution in [1.82, 2.24) is 10.2 Å². The fraction of sp³-hybridized carbons (Fsp3) is 0.692. The van der Waals surface area contributed by atoms with Crippen LogP contribution in [0, 0.1) is 0 Å². The van der Waals surface area contributed by atoms with E-state index in [0.717, 1.165) is 6.42 Å². The quantitative estimate of drug-likeness (QED) is 0.500. The number of morpholine rings is 1. The van der Waals surface area contributed by atoms with Crippen molar-refractivity contribution in [3.8, 4) is 0 Å². The molecule has 0 aromatic carbocycles. The molecule has 2 N–H and O–H groups in total. The molecule has 1 saturated heterocycles. The molecule has 1 atom stereocenters. The Labute approximate surface area is 118 Å². The number of amides is 2. The van der Waals surface area contributed by atoms with Gasteiger partial charge in [0, 0.05) is 19.6 Å². The Kier molecular flexibility index (Phi) is 7.67. The van der Waals surface area contributed by atoms with E-state index in [4.69, 9.17) is 14.6 Å². The Balaban J connectivity index is 2.18. The molecular formula is C13H22N2O5. The van der Waals surface area contributed by atoms with Crippen LogP contribution in [0.2, 0.25) is 0 Å². The van der Waals surface area contributed by atoms with Gasteiger partial charge in [-0.25, -0.2) is 4.79 Å². The lowest BCUT2D eigenvalue weighted by Crippen LogP contribution is -2.50. The van der Waals surface area contributed by atoms with Gasteiger partial charge in [-0.15, -0.1) is 6.58 Å². The first kappa shape index (κ1) is 16.5. The van der Waals surface area contributed by atoms with E-state index in [0.29, 0.717) is 39.5 Å². The van der Waals surface area contributed by atoms with Crippen molar-refractivity contribution in [3.63, 3.8) is 0 Å².